The lowest BCUT2D eigenvalue weighted by molar-refractivity contribution is -0.310. The third-order valence-corrected chi connectivity index (χ3v) is 6.40. The largest absolute Gasteiger partial charge is 0.548 e. The Hall–Kier alpha value is -1.20. The third-order valence-electron chi connectivity index (χ3n) is 4.69. The van der Waals surface area contributed by atoms with Crippen molar-refractivity contribution in [3.63, 3.8) is 0 Å². The number of hydrogen-bond acceptors (Lipinski definition) is 4. The maximum atomic E-state index is 12.9. The zero-order chi connectivity index (χ0) is 16.4. The zero-order valence-electron chi connectivity index (χ0n) is 12.7. The average molecular weight is 353 g/mol. The number of hydrogen-bond donors (Lipinski definition) is 0. The Labute approximate surface area is 145 Å². The summed E-state index contributed by atoms with van der Waals surface area (Å²) < 4.78 is 0. The molecule has 1 saturated carbocycles. The minimum atomic E-state index is -1.17. The number of benzene rings is 1. The van der Waals surface area contributed by atoms with Gasteiger partial charge in [-0.2, -0.15) is 0 Å². The first kappa shape index (κ1) is 16.7. The van der Waals surface area contributed by atoms with E-state index in [0.717, 1.165) is 25.7 Å². The topological polar surface area (TPSA) is 60.4 Å². The lowest BCUT2D eigenvalue weighted by Crippen LogP contribution is -2.52. The van der Waals surface area contributed by atoms with Gasteiger partial charge in [-0.3, -0.25) is 4.79 Å². The van der Waals surface area contributed by atoms with Crippen LogP contribution in [0.15, 0.2) is 24.3 Å². The zero-order valence-corrected chi connectivity index (χ0v) is 14.3. The molecule has 0 N–H and O–H groups in total. The smallest absolute Gasteiger partial charge is 0.255 e. The van der Waals surface area contributed by atoms with Crippen LogP contribution < -0.4 is 5.11 Å². The van der Waals surface area contributed by atoms with Crippen molar-refractivity contribution < 1.29 is 14.7 Å². The molecule has 1 aromatic carbocycles. The number of carbonyl (C=O) groups excluding carboxylic acids is 2. The van der Waals surface area contributed by atoms with Crippen LogP contribution in [0.25, 0.3) is 0 Å². The monoisotopic (exact) mass is 352 g/mol. The van der Waals surface area contributed by atoms with Gasteiger partial charge in [-0.1, -0.05) is 30.9 Å². The van der Waals surface area contributed by atoms with E-state index in [2.05, 4.69) is 0 Å². The van der Waals surface area contributed by atoms with E-state index in [1.165, 1.54) is 6.42 Å². The second kappa shape index (κ2) is 7.14. The molecule has 2 aliphatic rings. The number of rotatable bonds is 3. The molecule has 3 rings (SSSR count). The van der Waals surface area contributed by atoms with Crippen LogP contribution in [0.3, 0.4) is 0 Å². The summed E-state index contributed by atoms with van der Waals surface area (Å²) in [5.41, 5.74) is 0.476. The molecule has 1 saturated heterocycles. The van der Waals surface area contributed by atoms with Crippen LogP contribution in [0.1, 0.15) is 42.5 Å². The molecule has 6 heteroatoms. The molecule has 1 aliphatic heterocycles. The van der Waals surface area contributed by atoms with E-state index < -0.39 is 12.0 Å². The first-order valence-corrected chi connectivity index (χ1v) is 9.41. The van der Waals surface area contributed by atoms with E-state index in [1.807, 2.05) is 0 Å². The van der Waals surface area contributed by atoms with Crippen LogP contribution in [0.4, 0.5) is 0 Å². The lowest BCUT2D eigenvalue weighted by atomic mass is 9.88. The van der Waals surface area contributed by atoms with Gasteiger partial charge in [-0.15, -0.1) is 11.8 Å². The number of carboxylic acid groups (broad SMARTS) is 1. The normalized spacial score (nSPS) is 25.5. The van der Waals surface area contributed by atoms with Gasteiger partial charge >= 0.3 is 0 Å². The van der Waals surface area contributed by atoms with Gasteiger partial charge in [0.1, 0.15) is 0 Å². The van der Waals surface area contributed by atoms with Gasteiger partial charge in [-0.25, -0.2) is 0 Å². The Kier molecular flexibility index (Phi) is 5.17. The molecule has 1 amide bonds. The van der Waals surface area contributed by atoms with Crippen molar-refractivity contribution in [2.75, 3.05) is 5.75 Å². The minimum absolute atomic E-state index is 0.0682. The molecule has 0 spiro atoms. The van der Waals surface area contributed by atoms with Gasteiger partial charge in [0.25, 0.3) is 5.91 Å². The summed E-state index contributed by atoms with van der Waals surface area (Å²) in [7, 11) is 0. The molecule has 1 aromatic rings. The van der Waals surface area contributed by atoms with E-state index in [-0.39, 0.29) is 11.3 Å². The number of amides is 1. The molecule has 2 fully saturated rings. The summed E-state index contributed by atoms with van der Waals surface area (Å²) >= 11 is 7.45. The molecule has 0 aromatic heterocycles. The molecule has 1 aliphatic carbocycles. The Morgan fingerprint density at radius 2 is 1.78 bits per heavy atom. The van der Waals surface area contributed by atoms with Crippen molar-refractivity contribution in [2.24, 2.45) is 5.92 Å². The fraction of sp³-hybridized carbons (Fsp3) is 0.529. The van der Waals surface area contributed by atoms with E-state index in [0.29, 0.717) is 22.3 Å². The second-order valence-electron chi connectivity index (χ2n) is 6.18. The summed E-state index contributed by atoms with van der Waals surface area (Å²) in [4.78, 5) is 25.9. The average Bonchev–Trinajstić information content (AvgIpc) is 3.01. The maximum absolute atomic E-state index is 12.9. The van der Waals surface area contributed by atoms with Crippen molar-refractivity contribution in [3.05, 3.63) is 34.9 Å². The van der Waals surface area contributed by atoms with E-state index in [4.69, 9.17) is 11.6 Å². The molecule has 4 nitrogen and oxygen atoms in total. The third kappa shape index (κ3) is 3.50. The van der Waals surface area contributed by atoms with Crippen LogP contribution in [-0.4, -0.2) is 33.9 Å². The highest BCUT2D eigenvalue weighted by Gasteiger charge is 2.42. The molecular formula is C17H19ClNO3S-. The fourth-order valence-electron chi connectivity index (χ4n) is 3.49. The van der Waals surface area contributed by atoms with Crippen molar-refractivity contribution in [1.82, 2.24) is 4.90 Å². The van der Waals surface area contributed by atoms with Gasteiger partial charge in [0.2, 0.25) is 0 Å². The Bertz CT molecular complexity index is 586. The van der Waals surface area contributed by atoms with E-state index in [9.17, 15) is 14.7 Å². The molecule has 0 radical (unpaired) electrons. The van der Waals surface area contributed by atoms with Gasteiger partial charge in [0.15, 0.2) is 0 Å². The van der Waals surface area contributed by atoms with Crippen LogP contribution in [0.5, 0.6) is 0 Å². The highest BCUT2D eigenvalue weighted by atomic mass is 35.5. The molecule has 0 bridgehead atoms. The van der Waals surface area contributed by atoms with Crippen LogP contribution in [0.2, 0.25) is 5.02 Å². The predicted octanol–water partition coefficient (Wildman–Crippen LogP) is 2.55. The summed E-state index contributed by atoms with van der Waals surface area (Å²) in [5, 5.41) is 12.0. The maximum Gasteiger partial charge on any atom is 0.255 e. The Morgan fingerprint density at radius 3 is 2.39 bits per heavy atom. The van der Waals surface area contributed by atoms with Crippen molar-refractivity contribution in [1.29, 1.82) is 0 Å². The van der Waals surface area contributed by atoms with Crippen LogP contribution in [0, 0.1) is 5.92 Å². The van der Waals surface area contributed by atoms with Gasteiger partial charge in [0, 0.05) is 16.3 Å². The summed E-state index contributed by atoms with van der Waals surface area (Å²) in [6.07, 6.45) is 5.65. The number of carbonyl (C=O) groups is 2. The van der Waals surface area contributed by atoms with E-state index in [1.54, 1.807) is 40.9 Å². The molecule has 0 unspecified atom stereocenters. The van der Waals surface area contributed by atoms with Crippen LogP contribution >= 0.6 is 23.4 Å². The van der Waals surface area contributed by atoms with Crippen molar-refractivity contribution >= 4 is 35.2 Å². The summed E-state index contributed by atoms with van der Waals surface area (Å²) in [6.45, 7) is 0. The number of halogens is 1. The summed E-state index contributed by atoms with van der Waals surface area (Å²) in [5.74, 6) is -0.632. The van der Waals surface area contributed by atoms with Crippen LogP contribution in [-0.2, 0) is 4.79 Å². The summed E-state index contributed by atoms with van der Waals surface area (Å²) in [6, 6.07) is 5.76. The Morgan fingerprint density at radius 1 is 1.13 bits per heavy atom. The quantitative estimate of drug-likeness (QED) is 0.838. The Balaban J connectivity index is 1.87. The first-order chi connectivity index (χ1) is 11.1. The second-order valence-corrected chi connectivity index (χ2v) is 7.76. The highest BCUT2D eigenvalue weighted by Crippen LogP contribution is 2.41. The van der Waals surface area contributed by atoms with E-state index >= 15 is 0 Å². The van der Waals surface area contributed by atoms with Crippen molar-refractivity contribution in [3.8, 4) is 0 Å². The number of thioether (sulfide) groups is 1. The molecular weight excluding hydrogens is 334 g/mol. The predicted molar refractivity (Wildman–Crippen MR) is 89.2 cm³/mol. The number of nitrogens with zero attached hydrogens (tertiary/aromatic N) is 1. The lowest BCUT2D eigenvalue weighted by Gasteiger charge is -2.36. The number of carboxylic acids is 1. The minimum Gasteiger partial charge on any atom is -0.548 e. The van der Waals surface area contributed by atoms with Gasteiger partial charge < -0.3 is 14.8 Å². The van der Waals surface area contributed by atoms with Crippen molar-refractivity contribution in [2.45, 2.75) is 43.5 Å². The first-order valence-electron chi connectivity index (χ1n) is 7.98. The molecule has 2 atom stereocenters. The van der Waals surface area contributed by atoms with Gasteiger partial charge in [-0.05, 0) is 43.0 Å². The molecule has 23 heavy (non-hydrogen) atoms. The van der Waals surface area contributed by atoms with Gasteiger partial charge in [0.05, 0.1) is 17.4 Å². The molecule has 1 heterocycles. The SMILES string of the molecule is O=C([O-])[C@@H]1CS[C@H](C2CCCCC2)N1C(=O)c1ccc(Cl)cc1. The fourth-order valence-corrected chi connectivity index (χ4v) is 5.24. The molecule has 124 valence electrons. The standard InChI is InChI=1S/C17H20ClNO3S/c18-13-8-6-11(7-9-13)15(20)19-14(17(21)22)10-23-16(19)12-4-2-1-3-5-12/h6-9,12,14,16H,1-5,10H2,(H,21,22)/p-1/t14-,16+/m0/s1. The number of aliphatic carboxylic acids is 1. The highest BCUT2D eigenvalue weighted by molar-refractivity contribution is 8.00.